The molecular weight excluding hydrogens is 250 g/mol. The lowest BCUT2D eigenvalue weighted by Gasteiger charge is -2.32. The van der Waals surface area contributed by atoms with Crippen molar-refractivity contribution in [3.8, 4) is 0 Å². The number of imidazole rings is 1. The predicted octanol–water partition coefficient (Wildman–Crippen LogP) is 0.799. The SMILES string of the molecule is CCCn1ccnc1CC(N)C1CN(C)CCCN1C. The molecule has 2 unspecified atom stereocenters. The van der Waals surface area contributed by atoms with Gasteiger partial charge in [0.15, 0.2) is 0 Å². The highest BCUT2D eigenvalue weighted by Gasteiger charge is 2.27. The van der Waals surface area contributed by atoms with E-state index < -0.39 is 0 Å². The van der Waals surface area contributed by atoms with E-state index in [-0.39, 0.29) is 6.04 Å². The van der Waals surface area contributed by atoms with E-state index in [1.807, 2.05) is 6.20 Å². The van der Waals surface area contributed by atoms with Crippen molar-refractivity contribution in [1.29, 1.82) is 0 Å². The van der Waals surface area contributed by atoms with E-state index in [0.29, 0.717) is 6.04 Å². The first kappa shape index (κ1) is 15.5. The van der Waals surface area contributed by atoms with Gasteiger partial charge in [-0.05, 0) is 40.0 Å². The van der Waals surface area contributed by atoms with E-state index in [2.05, 4.69) is 46.6 Å². The van der Waals surface area contributed by atoms with Gasteiger partial charge in [-0.25, -0.2) is 4.98 Å². The quantitative estimate of drug-likeness (QED) is 0.866. The van der Waals surface area contributed by atoms with Gasteiger partial charge in [-0.3, -0.25) is 0 Å². The number of aromatic nitrogens is 2. The van der Waals surface area contributed by atoms with Crippen molar-refractivity contribution in [2.75, 3.05) is 33.7 Å². The number of rotatable bonds is 5. The number of aryl methyl sites for hydroxylation is 1. The molecule has 5 nitrogen and oxygen atoms in total. The summed E-state index contributed by atoms with van der Waals surface area (Å²) in [4.78, 5) is 9.30. The van der Waals surface area contributed by atoms with Gasteiger partial charge in [0.25, 0.3) is 0 Å². The lowest BCUT2D eigenvalue weighted by atomic mass is 10.0. The fraction of sp³-hybridized carbons (Fsp3) is 0.800. The summed E-state index contributed by atoms with van der Waals surface area (Å²) in [7, 11) is 4.39. The normalized spacial score (nSPS) is 23.7. The minimum absolute atomic E-state index is 0.138. The summed E-state index contributed by atoms with van der Waals surface area (Å²) in [5.74, 6) is 1.12. The lowest BCUT2D eigenvalue weighted by molar-refractivity contribution is 0.193. The van der Waals surface area contributed by atoms with Gasteiger partial charge in [0.2, 0.25) is 0 Å². The third kappa shape index (κ3) is 3.81. The summed E-state index contributed by atoms with van der Waals surface area (Å²) < 4.78 is 2.24. The van der Waals surface area contributed by atoms with Crippen LogP contribution in [-0.4, -0.2) is 65.2 Å². The van der Waals surface area contributed by atoms with Crippen molar-refractivity contribution < 1.29 is 0 Å². The van der Waals surface area contributed by atoms with Crippen LogP contribution >= 0.6 is 0 Å². The van der Waals surface area contributed by atoms with Gasteiger partial charge < -0.3 is 20.1 Å². The topological polar surface area (TPSA) is 50.3 Å². The molecule has 1 aliphatic rings. The van der Waals surface area contributed by atoms with Crippen LogP contribution in [0.15, 0.2) is 12.4 Å². The van der Waals surface area contributed by atoms with Gasteiger partial charge >= 0.3 is 0 Å². The molecule has 0 saturated carbocycles. The molecule has 1 fully saturated rings. The van der Waals surface area contributed by atoms with Gasteiger partial charge in [0.1, 0.15) is 5.82 Å². The Morgan fingerprint density at radius 1 is 1.40 bits per heavy atom. The molecule has 2 rings (SSSR count). The van der Waals surface area contributed by atoms with E-state index >= 15 is 0 Å². The monoisotopic (exact) mass is 279 g/mol. The fourth-order valence-corrected chi connectivity index (χ4v) is 3.09. The minimum Gasteiger partial charge on any atom is -0.335 e. The summed E-state index contributed by atoms with van der Waals surface area (Å²) in [5, 5.41) is 0. The van der Waals surface area contributed by atoms with Gasteiger partial charge in [-0.1, -0.05) is 6.92 Å². The molecule has 0 aliphatic carbocycles. The molecule has 2 N–H and O–H groups in total. The molecule has 2 heterocycles. The fourth-order valence-electron chi connectivity index (χ4n) is 3.09. The number of nitrogens with two attached hydrogens (primary N) is 1. The van der Waals surface area contributed by atoms with E-state index in [4.69, 9.17) is 5.73 Å². The zero-order valence-corrected chi connectivity index (χ0v) is 13.1. The smallest absolute Gasteiger partial charge is 0.110 e. The van der Waals surface area contributed by atoms with E-state index in [9.17, 15) is 0 Å². The Labute approximate surface area is 122 Å². The van der Waals surface area contributed by atoms with Crippen LogP contribution in [-0.2, 0) is 13.0 Å². The Morgan fingerprint density at radius 3 is 2.95 bits per heavy atom. The van der Waals surface area contributed by atoms with Crippen LogP contribution in [0.25, 0.3) is 0 Å². The highest BCUT2D eigenvalue weighted by atomic mass is 15.2. The van der Waals surface area contributed by atoms with Crippen LogP contribution in [0.4, 0.5) is 0 Å². The minimum atomic E-state index is 0.138. The predicted molar refractivity (Wildman–Crippen MR) is 82.7 cm³/mol. The van der Waals surface area contributed by atoms with Gasteiger partial charge in [-0.15, -0.1) is 0 Å². The summed E-state index contributed by atoms with van der Waals surface area (Å²) in [6, 6.07) is 0.549. The average molecular weight is 279 g/mol. The maximum atomic E-state index is 6.51. The maximum absolute atomic E-state index is 6.51. The summed E-state index contributed by atoms with van der Waals surface area (Å²) in [5.41, 5.74) is 6.51. The van der Waals surface area contributed by atoms with Crippen molar-refractivity contribution in [1.82, 2.24) is 19.4 Å². The molecule has 5 heteroatoms. The summed E-state index contributed by atoms with van der Waals surface area (Å²) in [6.07, 6.45) is 7.16. The largest absolute Gasteiger partial charge is 0.335 e. The van der Waals surface area contributed by atoms with Gasteiger partial charge in [0, 0.05) is 44.0 Å². The van der Waals surface area contributed by atoms with Crippen molar-refractivity contribution in [2.45, 2.75) is 44.8 Å². The molecule has 0 aromatic carbocycles. The number of likely N-dealkylation sites (N-methyl/N-ethyl adjacent to an activating group) is 2. The van der Waals surface area contributed by atoms with Gasteiger partial charge in [-0.2, -0.15) is 0 Å². The van der Waals surface area contributed by atoms with Crippen LogP contribution in [0.3, 0.4) is 0 Å². The summed E-state index contributed by atoms with van der Waals surface area (Å²) in [6.45, 7) is 6.57. The Bertz CT molecular complexity index is 403. The van der Waals surface area contributed by atoms with E-state index in [0.717, 1.165) is 44.8 Å². The highest BCUT2D eigenvalue weighted by Crippen LogP contribution is 2.13. The van der Waals surface area contributed by atoms with Crippen LogP contribution in [0.2, 0.25) is 0 Å². The van der Waals surface area contributed by atoms with Gasteiger partial charge in [0.05, 0.1) is 0 Å². The molecule has 1 aliphatic heterocycles. The van der Waals surface area contributed by atoms with Crippen LogP contribution < -0.4 is 5.73 Å². The molecule has 1 aromatic heterocycles. The Balaban J connectivity index is 2.02. The molecule has 114 valence electrons. The van der Waals surface area contributed by atoms with Crippen molar-refractivity contribution in [2.24, 2.45) is 5.73 Å². The molecule has 0 spiro atoms. The highest BCUT2D eigenvalue weighted by molar-refractivity contribution is 4.98. The van der Waals surface area contributed by atoms with E-state index in [1.165, 1.54) is 6.42 Å². The Morgan fingerprint density at radius 2 is 2.20 bits per heavy atom. The number of hydrogen-bond acceptors (Lipinski definition) is 4. The van der Waals surface area contributed by atoms with Crippen molar-refractivity contribution in [3.05, 3.63) is 18.2 Å². The molecule has 0 amide bonds. The second-order valence-electron chi connectivity index (χ2n) is 6.07. The molecular formula is C15H29N5. The standard InChI is InChI=1S/C15H29N5/c1-4-7-20-10-6-17-15(20)11-13(16)14-12-18(2)8-5-9-19(14)3/h6,10,13-14H,4-5,7-9,11-12,16H2,1-3H3. The zero-order chi connectivity index (χ0) is 14.5. The first-order chi connectivity index (χ1) is 9.61. The van der Waals surface area contributed by atoms with Crippen molar-refractivity contribution in [3.63, 3.8) is 0 Å². The molecule has 0 bridgehead atoms. The zero-order valence-electron chi connectivity index (χ0n) is 13.1. The second kappa shape index (κ2) is 7.20. The maximum Gasteiger partial charge on any atom is 0.110 e. The molecule has 0 radical (unpaired) electrons. The van der Waals surface area contributed by atoms with Crippen LogP contribution in [0.5, 0.6) is 0 Å². The Kier molecular flexibility index (Phi) is 5.57. The molecule has 2 atom stereocenters. The number of nitrogens with zero attached hydrogens (tertiary/aromatic N) is 4. The van der Waals surface area contributed by atoms with Crippen LogP contribution in [0, 0.1) is 0 Å². The molecule has 1 saturated heterocycles. The second-order valence-corrected chi connectivity index (χ2v) is 6.07. The molecule has 1 aromatic rings. The van der Waals surface area contributed by atoms with Crippen molar-refractivity contribution >= 4 is 0 Å². The van der Waals surface area contributed by atoms with Crippen LogP contribution in [0.1, 0.15) is 25.6 Å². The first-order valence-electron chi connectivity index (χ1n) is 7.76. The first-order valence-corrected chi connectivity index (χ1v) is 7.76. The third-order valence-electron chi connectivity index (χ3n) is 4.29. The van der Waals surface area contributed by atoms with E-state index in [1.54, 1.807) is 0 Å². The lowest BCUT2D eigenvalue weighted by Crippen LogP contribution is -2.51. The average Bonchev–Trinajstić information content (AvgIpc) is 2.75. The Hall–Kier alpha value is -0.910. The molecule has 20 heavy (non-hydrogen) atoms. The number of hydrogen-bond donors (Lipinski definition) is 1. The summed E-state index contributed by atoms with van der Waals surface area (Å²) >= 11 is 0. The third-order valence-corrected chi connectivity index (χ3v) is 4.29.